The Bertz CT molecular complexity index is 616. The lowest BCUT2D eigenvalue weighted by molar-refractivity contribution is 0.600. The molecule has 1 aliphatic rings. The van der Waals surface area contributed by atoms with Crippen molar-refractivity contribution in [3.63, 3.8) is 0 Å². The monoisotopic (exact) mass is 325 g/mol. The van der Waals surface area contributed by atoms with E-state index >= 15 is 0 Å². The van der Waals surface area contributed by atoms with Crippen LogP contribution >= 0.6 is 34.8 Å². The fourth-order valence-corrected chi connectivity index (χ4v) is 3.68. The Kier molecular flexibility index (Phi) is 4.11. The largest absolute Gasteiger partial charge is 0.376 e. The quantitative estimate of drug-likeness (QED) is 0.699. The highest BCUT2D eigenvalue weighted by Crippen LogP contribution is 2.39. The van der Waals surface area contributed by atoms with Crippen LogP contribution in [0.5, 0.6) is 0 Å². The Hall–Kier alpha value is -0.890. The van der Waals surface area contributed by atoms with Gasteiger partial charge in [0.2, 0.25) is 0 Å². The average Bonchev–Trinajstić information content (AvgIpc) is 2.43. The van der Waals surface area contributed by atoms with Crippen LogP contribution < -0.4 is 5.32 Å². The summed E-state index contributed by atoms with van der Waals surface area (Å²) in [6, 6.07) is 12.2. The Morgan fingerprint density at radius 3 is 2.45 bits per heavy atom. The van der Waals surface area contributed by atoms with Gasteiger partial charge in [-0.3, -0.25) is 0 Å². The molecule has 1 nitrogen and oxygen atoms in total. The predicted molar refractivity (Wildman–Crippen MR) is 87.2 cm³/mol. The van der Waals surface area contributed by atoms with Crippen LogP contribution in [-0.4, -0.2) is 0 Å². The molecule has 2 aromatic carbocycles. The third-order valence-electron chi connectivity index (χ3n) is 3.69. The van der Waals surface area contributed by atoms with Crippen LogP contribution in [0, 0.1) is 0 Å². The summed E-state index contributed by atoms with van der Waals surface area (Å²) in [7, 11) is 0. The van der Waals surface area contributed by atoms with Crippen LogP contribution in [-0.2, 0) is 6.42 Å². The van der Waals surface area contributed by atoms with E-state index in [0.717, 1.165) is 24.9 Å². The van der Waals surface area contributed by atoms with E-state index in [1.54, 1.807) is 12.1 Å². The van der Waals surface area contributed by atoms with Gasteiger partial charge in [0.25, 0.3) is 0 Å². The van der Waals surface area contributed by atoms with Gasteiger partial charge in [0, 0.05) is 5.02 Å². The Balaban J connectivity index is 1.94. The Labute approximate surface area is 133 Å². The maximum atomic E-state index is 6.25. The van der Waals surface area contributed by atoms with Crippen LogP contribution in [0.15, 0.2) is 36.4 Å². The first-order valence-electron chi connectivity index (χ1n) is 6.64. The predicted octanol–water partition coefficient (Wildman–Crippen LogP) is 6.14. The molecular formula is C16H14Cl3N. The van der Waals surface area contributed by atoms with Gasteiger partial charge in [-0.1, -0.05) is 59.1 Å². The zero-order chi connectivity index (χ0) is 14.1. The molecule has 0 saturated carbocycles. The second-order valence-corrected chi connectivity index (χ2v) is 6.28. The summed E-state index contributed by atoms with van der Waals surface area (Å²) in [5.41, 5.74) is 3.50. The summed E-state index contributed by atoms with van der Waals surface area (Å²) >= 11 is 18.4. The van der Waals surface area contributed by atoms with Crippen molar-refractivity contribution >= 4 is 40.5 Å². The van der Waals surface area contributed by atoms with Crippen molar-refractivity contribution in [3.05, 3.63) is 62.6 Å². The number of hydrogen-bond donors (Lipinski definition) is 1. The lowest BCUT2D eigenvalue weighted by atomic mass is 9.87. The fourth-order valence-electron chi connectivity index (χ4n) is 2.76. The number of aryl methyl sites for hydroxylation is 1. The third-order valence-corrected chi connectivity index (χ3v) is 4.51. The van der Waals surface area contributed by atoms with Gasteiger partial charge in [0.15, 0.2) is 0 Å². The zero-order valence-corrected chi connectivity index (χ0v) is 13.1. The van der Waals surface area contributed by atoms with E-state index in [-0.39, 0.29) is 6.04 Å². The van der Waals surface area contributed by atoms with E-state index in [0.29, 0.717) is 15.1 Å². The summed E-state index contributed by atoms with van der Waals surface area (Å²) < 4.78 is 0. The highest BCUT2D eigenvalue weighted by Gasteiger charge is 2.21. The van der Waals surface area contributed by atoms with Crippen LogP contribution in [0.4, 0.5) is 5.69 Å². The molecule has 1 unspecified atom stereocenters. The average molecular weight is 327 g/mol. The first-order valence-corrected chi connectivity index (χ1v) is 7.77. The molecule has 4 heteroatoms. The van der Waals surface area contributed by atoms with Gasteiger partial charge in [-0.05, 0) is 42.5 Å². The number of fused-ring (bicyclic) bond motifs is 1. The topological polar surface area (TPSA) is 12.0 Å². The number of anilines is 1. The van der Waals surface area contributed by atoms with Crippen molar-refractivity contribution in [2.24, 2.45) is 0 Å². The molecule has 104 valence electrons. The smallest absolute Gasteiger partial charge is 0.0724 e. The minimum Gasteiger partial charge on any atom is -0.376 e. The molecule has 0 radical (unpaired) electrons. The number of halogens is 3. The molecule has 0 saturated heterocycles. The van der Waals surface area contributed by atoms with Crippen molar-refractivity contribution in [3.8, 4) is 0 Å². The van der Waals surface area contributed by atoms with Gasteiger partial charge in [-0.2, -0.15) is 0 Å². The van der Waals surface area contributed by atoms with E-state index in [2.05, 4.69) is 29.6 Å². The van der Waals surface area contributed by atoms with E-state index < -0.39 is 0 Å². The van der Waals surface area contributed by atoms with E-state index in [1.165, 1.54) is 11.1 Å². The van der Waals surface area contributed by atoms with Gasteiger partial charge in [0.1, 0.15) is 0 Å². The maximum Gasteiger partial charge on any atom is 0.0724 e. The standard InChI is InChI=1S/C16H14Cl3N/c17-11-8-13(18)16(14(19)9-11)20-15-7-3-5-10-4-1-2-6-12(10)15/h1-2,4,6,8-9,15,20H,3,5,7H2. The lowest BCUT2D eigenvalue weighted by Gasteiger charge is -2.28. The van der Waals surface area contributed by atoms with E-state index in [9.17, 15) is 0 Å². The van der Waals surface area contributed by atoms with Gasteiger partial charge < -0.3 is 5.32 Å². The Morgan fingerprint density at radius 1 is 1.00 bits per heavy atom. The minimum atomic E-state index is 0.246. The number of nitrogens with one attached hydrogen (secondary N) is 1. The van der Waals surface area contributed by atoms with Crippen LogP contribution in [0.2, 0.25) is 15.1 Å². The normalized spacial score (nSPS) is 17.6. The first-order chi connectivity index (χ1) is 9.65. The third kappa shape index (κ3) is 2.76. The summed E-state index contributed by atoms with van der Waals surface area (Å²) in [5.74, 6) is 0. The van der Waals surface area contributed by atoms with Gasteiger partial charge in [-0.15, -0.1) is 0 Å². The fraction of sp³-hybridized carbons (Fsp3) is 0.250. The molecule has 0 aromatic heterocycles. The van der Waals surface area contributed by atoms with Gasteiger partial charge in [0.05, 0.1) is 21.8 Å². The minimum absolute atomic E-state index is 0.246. The van der Waals surface area contributed by atoms with Crippen LogP contribution in [0.1, 0.15) is 30.0 Å². The molecule has 0 heterocycles. The highest BCUT2D eigenvalue weighted by atomic mass is 35.5. The molecule has 2 aromatic rings. The summed E-state index contributed by atoms with van der Waals surface area (Å²) in [6.07, 6.45) is 3.38. The van der Waals surface area contributed by atoms with Crippen LogP contribution in [0.25, 0.3) is 0 Å². The molecule has 1 atom stereocenters. The maximum absolute atomic E-state index is 6.25. The zero-order valence-electron chi connectivity index (χ0n) is 10.8. The molecule has 0 bridgehead atoms. The van der Waals surface area contributed by atoms with Crippen molar-refractivity contribution in [2.45, 2.75) is 25.3 Å². The molecule has 1 N–H and O–H groups in total. The molecule has 0 spiro atoms. The molecule has 1 aliphatic carbocycles. The first kappa shape index (κ1) is 14.1. The molecule has 0 amide bonds. The van der Waals surface area contributed by atoms with Crippen molar-refractivity contribution in [2.75, 3.05) is 5.32 Å². The summed E-state index contributed by atoms with van der Waals surface area (Å²) in [6.45, 7) is 0. The Morgan fingerprint density at radius 2 is 1.70 bits per heavy atom. The van der Waals surface area contributed by atoms with E-state index in [1.807, 2.05) is 0 Å². The SMILES string of the molecule is Clc1cc(Cl)c(NC2CCCc3ccccc32)c(Cl)c1. The summed E-state index contributed by atoms with van der Waals surface area (Å²) in [5, 5.41) is 5.15. The van der Waals surface area contributed by atoms with Crippen molar-refractivity contribution in [1.29, 1.82) is 0 Å². The summed E-state index contributed by atoms with van der Waals surface area (Å²) in [4.78, 5) is 0. The van der Waals surface area contributed by atoms with Gasteiger partial charge in [-0.25, -0.2) is 0 Å². The van der Waals surface area contributed by atoms with Crippen molar-refractivity contribution < 1.29 is 0 Å². The van der Waals surface area contributed by atoms with Crippen LogP contribution in [0.3, 0.4) is 0 Å². The molecule has 0 fully saturated rings. The van der Waals surface area contributed by atoms with Gasteiger partial charge >= 0.3 is 0 Å². The molecular weight excluding hydrogens is 313 g/mol. The van der Waals surface area contributed by atoms with E-state index in [4.69, 9.17) is 34.8 Å². The highest BCUT2D eigenvalue weighted by molar-refractivity contribution is 6.41. The number of benzene rings is 2. The number of rotatable bonds is 2. The lowest BCUT2D eigenvalue weighted by Crippen LogP contribution is -2.17. The second kappa shape index (κ2) is 5.85. The number of hydrogen-bond acceptors (Lipinski definition) is 1. The molecule has 0 aliphatic heterocycles. The molecule has 20 heavy (non-hydrogen) atoms. The second-order valence-electron chi connectivity index (χ2n) is 5.03. The van der Waals surface area contributed by atoms with Crippen molar-refractivity contribution in [1.82, 2.24) is 0 Å². The molecule has 3 rings (SSSR count).